The summed E-state index contributed by atoms with van der Waals surface area (Å²) in [6.45, 7) is 6.13. The van der Waals surface area contributed by atoms with Gasteiger partial charge in [0.15, 0.2) is 0 Å². The molecule has 1 aliphatic rings. The van der Waals surface area contributed by atoms with Crippen molar-refractivity contribution in [1.29, 1.82) is 0 Å². The summed E-state index contributed by atoms with van der Waals surface area (Å²) in [4.78, 5) is 37.7. The van der Waals surface area contributed by atoms with Gasteiger partial charge in [0.1, 0.15) is 6.04 Å². The van der Waals surface area contributed by atoms with Crippen molar-refractivity contribution in [2.45, 2.75) is 45.7 Å². The number of anilines is 1. The van der Waals surface area contributed by atoms with Crippen molar-refractivity contribution < 1.29 is 19.5 Å². The molecule has 0 heterocycles. The Morgan fingerprint density at radius 1 is 1.19 bits per heavy atom. The van der Waals surface area contributed by atoms with Crippen molar-refractivity contribution in [3.8, 4) is 0 Å². The van der Waals surface area contributed by atoms with Gasteiger partial charge < -0.3 is 15.7 Å². The van der Waals surface area contributed by atoms with Crippen molar-refractivity contribution in [2.75, 3.05) is 18.4 Å². The number of hydrogen-bond acceptors (Lipinski definition) is 4. The predicted molar refractivity (Wildman–Crippen MR) is 99.1 cm³/mol. The average molecular weight is 361 g/mol. The molecule has 0 radical (unpaired) electrons. The van der Waals surface area contributed by atoms with Crippen LogP contribution in [-0.4, -0.2) is 53.0 Å². The number of benzene rings is 1. The van der Waals surface area contributed by atoms with Gasteiger partial charge in [-0.3, -0.25) is 19.3 Å². The monoisotopic (exact) mass is 361 g/mol. The minimum atomic E-state index is -0.946. The molecule has 1 aromatic carbocycles. The van der Waals surface area contributed by atoms with Crippen LogP contribution < -0.4 is 10.6 Å². The molecule has 2 rings (SSSR count). The molecule has 2 amide bonds. The molecular formula is C19H27N3O4. The van der Waals surface area contributed by atoms with E-state index in [0.717, 1.165) is 12.8 Å². The smallest absolute Gasteiger partial charge is 0.320 e. The summed E-state index contributed by atoms with van der Waals surface area (Å²) in [5.41, 5.74) is 0.822. The minimum absolute atomic E-state index is 0.0138. The van der Waals surface area contributed by atoms with E-state index in [1.165, 1.54) is 0 Å². The molecule has 1 aliphatic carbocycles. The lowest BCUT2D eigenvalue weighted by Crippen LogP contribution is -2.45. The van der Waals surface area contributed by atoms with E-state index >= 15 is 0 Å². The first-order chi connectivity index (χ1) is 12.3. The maximum absolute atomic E-state index is 12.4. The largest absolute Gasteiger partial charge is 0.480 e. The van der Waals surface area contributed by atoms with E-state index in [-0.39, 0.29) is 24.4 Å². The summed E-state index contributed by atoms with van der Waals surface area (Å²) >= 11 is 0. The maximum Gasteiger partial charge on any atom is 0.320 e. The van der Waals surface area contributed by atoms with Crippen LogP contribution in [0.5, 0.6) is 0 Å². The van der Waals surface area contributed by atoms with Gasteiger partial charge in [-0.05, 0) is 37.8 Å². The first-order valence-corrected chi connectivity index (χ1v) is 8.95. The molecule has 142 valence electrons. The summed E-state index contributed by atoms with van der Waals surface area (Å²) in [5, 5.41) is 14.8. The van der Waals surface area contributed by atoms with E-state index in [2.05, 4.69) is 10.6 Å². The molecular weight excluding hydrogens is 334 g/mol. The molecule has 7 nitrogen and oxygen atoms in total. The molecule has 7 heteroatoms. The van der Waals surface area contributed by atoms with Gasteiger partial charge in [0.25, 0.3) is 5.91 Å². The number of carbonyl (C=O) groups excluding carboxylic acids is 2. The topological polar surface area (TPSA) is 98.7 Å². The number of carboxylic acids is 1. The lowest BCUT2D eigenvalue weighted by atomic mass is 10.1. The van der Waals surface area contributed by atoms with E-state index in [0.29, 0.717) is 23.7 Å². The molecule has 26 heavy (non-hydrogen) atoms. The van der Waals surface area contributed by atoms with Crippen LogP contribution in [0.25, 0.3) is 0 Å². The van der Waals surface area contributed by atoms with Crippen LogP contribution in [0.3, 0.4) is 0 Å². The van der Waals surface area contributed by atoms with Crippen molar-refractivity contribution in [3.63, 3.8) is 0 Å². The van der Waals surface area contributed by atoms with Gasteiger partial charge in [-0.2, -0.15) is 0 Å². The first kappa shape index (κ1) is 19.9. The Bertz CT molecular complexity index is 671. The van der Waals surface area contributed by atoms with Gasteiger partial charge in [-0.25, -0.2) is 0 Å². The van der Waals surface area contributed by atoms with Gasteiger partial charge >= 0.3 is 5.97 Å². The van der Waals surface area contributed by atoms with Crippen LogP contribution in [0, 0.1) is 5.92 Å². The van der Waals surface area contributed by atoms with Gasteiger partial charge in [0.05, 0.1) is 17.8 Å². The Kier molecular flexibility index (Phi) is 6.74. The Balaban J connectivity index is 2.04. The average Bonchev–Trinajstić information content (AvgIpc) is 3.42. The highest BCUT2D eigenvalue weighted by Gasteiger charge is 2.36. The van der Waals surface area contributed by atoms with Crippen molar-refractivity contribution >= 4 is 23.5 Å². The number of amides is 2. The van der Waals surface area contributed by atoms with Crippen LogP contribution in [0.1, 0.15) is 44.0 Å². The quantitative estimate of drug-likeness (QED) is 0.624. The molecule has 0 saturated heterocycles. The number of rotatable bonds is 9. The molecule has 0 spiro atoms. The SMILES string of the molecule is CC(C)CNC(=O)c1ccccc1NC(=O)CN(C1CC1)C(C)C(=O)O. The number of nitrogens with one attached hydrogen (secondary N) is 2. The molecule has 1 atom stereocenters. The van der Waals surface area contributed by atoms with E-state index in [9.17, 15) is 19.5 Å². The first-order valence-electron chi connectivity index (χ1n) is 8.95. The van der Waals surface area contributed by atoms with Crippen LogP contribution in [0.2, 0.25) is 0 Å². The molecule has 0 aromatic heterocycles. The fourth-order valence-corrected chi connectivity index (χ4v) is 2.67. The van der Waals surface area contributed by atoms with Crippen molar-refractivity contribution in [1.82, 2.24) is 10.2 Å². The van der Waals surface area contributed by atoms with Gasteiger partial charge in [0.2, 0.25) is 5.91 Å². The summed E-state index contributed by atoms with van der Waals surface area (Å²) in [6.07, 6.45) is 1.80. The number of nitrogens with zero attached hydrogens (tertiary/aromatic N) is 1. The number of carbonyl (C=O) groups is 3. The zero-order valence-electron chi connectivity index (χ0n) is 15.5. The fourth-order valence-electron chi connectivity index (χ4n) is 2.67. The maximum atomic E-state index is 12.4. The Morgan fingerprint density at radius 3 is 2.42 bits per heavy atom. The van der Waals surface area contributed by atoms with Crippen LogP contribution >= 0.6 is 0 Å². The normalized spacial score (nSPS) is 15.0. The molecule has 3 N–H and O–H groups in total. The van der Waals surface area contributed by atoms with Crippen molar-refractivity contribution in [3.05, 3.63) is 29.8 Å². The van der Waals surface area contributed by atoms with Gasteiger partial charge in [-0.1, -0.05) is 26.0 Å². The number of hydrogen-bond donors (Lipinski definition) is 3. The second kappa shape index (κ2) is 8.80. The molecule has 1 saturated carbocycles. The summed E-state index contributed by atoms with van der Waals surface area (Å²) in [7, 11) is 0. The molecule has 0 aliphatic heterocycles. The fraction of sp³-hybridized carbons (Fsp3) is 0.526. The third kappa shape index (κ3) is 5.56. The third-order valence-electron chi connectivity index (χ3n) is 4.31. The van der Waals surface area contributed by atoms with Crippen LogP contribution in [0.15, 0.2) is 24.3 Å². The molecule has 1 unspecified atom stereocenters. The second-order valence-electron chi connectivity index (χ2n) is 7.12. The van der Waals surface area contributed by atoms with Gasteiger partial charge in [0, 0.05) is 12.6 Å². The van der Waals surface area contributed by atoms with Crippen LogP contribution in [0.4, 0.5) is 5.69 Å². The van der Waals surface area contributed by atoms with Crippen LogP contribution in [-0.2, 0) is 9.59 Å². The standard InChI is InChI=1S/C19H27N3O4/c1-12(2)10-20-18(24)15-6-4-5-7-16(15)21-17(23)11-22(14-8-9-14)13(3)19(25)26/h4-7,12-14H,8-11H2,1-3H3,(H,20,24)(H,21,23)(H,25,26). The summed E-state index contributed by atoms with van der Waals surface area (Å²) < 4.78 is 0. The zero-order chi connectivity index (χ0) is 19.3. The number of aliphatic carboxylic acids is 1. The third-order valence-corrected chi connectivity index (χ3v) is 4.31. The minimum Gasteiger partial charge on any atom is -0.480 e. The Hall–Kier alpha value is -2.41. The summed E-state index contributed by atoms with van der Waals surface area (Å²) in [5.74, 6) is -1.19. The highest BCUT2D eigenvalue weighted by Crippen LogP contribution is 2.28. The summed E-state index contributed by atoms with van der Waals surface area (Å²) in [6, 6.07) is 6.22. The van der Waals surface area contributed by atoms with E-state index in [1.54, 1.807) is 36.1 Å². The van der Waals surface area contributed by atoms with E-state index < -0.39 is 12.0 Å². The molecule has 1 aromatic rings. The predicted octanol–water partition coefficient (Wildman–Crippen LogP) is 1.95. The second-order valence-corrected chi connectivity index (χ2v) is 7.12. The zero-order valence-corrected chi connectivity index (χ0v) is 15.5. The van der Waals surface area contributed by atoms with E-state index in [4.69, 9.17) is 0 Å². The number of para-hydroxylation sites is 1. The lowest BCUT2D eigenvalue weighted by molar-refractivity contribution is -0.143. The molecule has 0 bridgehead atoms. The van der Waals surface area contributed by atoms with Gasteiger partial charge in [-0.15, -0.1) is 0 Å². The highest BCUT2D eigenvalue weighted by molar-refractivity contribution is 6.04. The highest BCUT2D eigenvalue weighted by atomic mass is 16.4. The van der Waals surface area contributed by atoms with E-state index in [1.807, 2.05) is 13.8 Å². The van der Waals surface area contributed by atoms with Crippen molar-refractivity contribution in [2.24, 2.45) is 5.92 Å². The Morgan fingerprint density at radius 2 is 1.85 bits per heavy atom. The Labute approximate surface area is 153 Å². The lowest BCUT2D eigenvalue weighted by Gasteiger charge is -2.25. The molecule has 1 fully saturated rings. The number of carboxylic acid groups (broad SMARTS) is 1.